The molecule has 1 aromatic rings. The van der Waals surface area contributed by atoms with Crippen LogP contribution in [-0.2, 0) is 14.8 Å². The smallest absolute Gasteiger partial charge is 0.242 e. The standard InChI is InChI=1S/C11H18N4O3S/c1-7(11(16)13-2)15-9-5-4-8(12)6-10(9)19(17,18)14-3/h4-7,14-15H,12H2,1-3H3,(H,13,16). The molecule has 0 radical (unpaired) electrons. The number of nitrogens with two attached hydrogens (primary N) is 1. The van der Waals surface area contributed by atoms with Crippen molar-refractivity contribution in [2.45, 2.75) is 17.9 Å². The summed E-state index contributed by atoms with van der Waals surface area (Å²) in [7, 11) is -0.835. The zero-order valence-electron chi connectivity index (χ0n) is 11.0. The first-order valence-corrected chi connectivity index (χ1v) is 7.11. The minimum absolute atomic E-state index is 0.00533. The van der Waals surface area contributed by atoms with Gasteiger partial charge in [0.25, 0.3) is 0 Å². The summed E-state index contributed by atoms with van der Waals surface area (Å²) >= 11 is 0. The number of benzene rings is 1. The third-order valence-corrected chi connectivity index (χ3v) is 4.03. The van der Waals surface area contributed by atoms with Crippen LogP contribution in [0.5, 0.6) is 0 Å². The van der Waals surface area contributed by atoms with Gasteiger partial charge in [0.1, 0.15) is 10.9 Å². The lowest BCUT2D eigenvalue weighted by Gasteiger charge is -2.17. The van der Waals surface area contributed by atoms with Crippen LogP contribution < -0.4 is 21.1 Å². The Kier molecular flexibility index (Phi) is 4.73. The number of sulfonamides is 1. The van der Waals surface area contributed by atoms with Gasteiger partial charge in [0.15, 0.2) is 0 Å². The van der Waals surface area contributed by atoms with Gasteiger partial charge in [-0.25, -0.2) is 13.1 Å². The molecule has 0 fully saturated rings. The van der Waals surface area contributed by atoms with Gasteiger partial charge in [-0.1, -0.05) is 0 Å². The van der Waals surface area contributed by atoms with Crippen molar-refractivity contribution in [3.05, 3.63) is 18.2 Å². The maximum atomic E-state index is 11.9. The van der Waals surface area contributed by atoms with Crippen molar-refractivity contribution in [3.63, 3.8) is 0 Å². The number of anilines is 2. The number of likely N-dealkylation sites (N-methyl/N-ethyl adjacent to an activating group) is 1. The summed E-state index contributed by atoms with van der Waals surface area (Å²) in [5.74, 6) is -0.246. The predicted molar refractivity (Wildman–Crippen MR) is 74.3 cm³/mol. The number of nitrogen functional groups attached to an aromatic ring is 1. The number of nitrogens with one attached hydrogen (secondary N) is 3. The molecule has 7 nitrogen and oxygen atoms in total. The van der Waals surface area contributed by atoms with Crippen molar-refractivity contribution >= 4 is 27.3 Å². The molecule has 0 saturated carbocycles. The molecule has 106 valence electrons. The van der Waals surface area contributed by atoms with Crippen molar-refractivity contribution < 1.29 is 13.2 Å². The SMILES string of the molecule is CNC(=O)C(C)Nc1ccc(N)cc1S(=O)(=O)NC. The van der Waals surface area contributed by atoms with Gasteiger partial charge < -0.3 is 16.4 Å². The molecule has 0 aliphatic rings. The third-order valence-electron chi connectivity index (χ3n) is 2.58. The number of carbonyl (C=O) groups is 1. The molecule has 1 amide bonds. The maximum absolute atomic E-state index is 11.9. The fourth-order valence-corrected chi connectivity index (χ4v) is 2.43. The lowest BCUT2D eigenvalue weighted by atomic mass is 10.2. The first-order valence-electron chi connectivity index (χ1n) is 5.63. The Labute approximate surface area is 112 Å². The summed E-state index contributed by atoms with van der Waals surface area (Å²) in [5, 5.41) is 5.32. The van der Waals surface area contributed by atoms with Crippen LogP contribution in [-0.4, -0.2) is 34.5 Å². The second kappa shape index (κ2) is 5.89. The molecule has 0 aromatic heterocycles. The predicted octanol–water partition coefficient (Wildman–Crippen LogP) is -0.277. The Hall–Kier alpha value is -1.80. The fraction of sp³-hybridized carbons (Fsp3) is 0.364. The highest BCUT2D eigenvalue weighted by Crippen LogP contribution is 2.24. The van der Waals surface area contributed by atoms with Crippen molar-refractivity contribution in [2.24, 2.45) is 0 Å². The number of hydrogen-bond donors (Lipinski definition) is 4. The van der Waals surface area contributed by atoms with E-state index in [9.17, 15) is 13.2 Å². The molecule has 19 heavy (non-hydrogen) atoms. The van der Waals surface area contributed by atoms with Crippen LogP contribution >= 0.6 is 0 Å². The zero-order chi connectivity index (χ0) is 14.6. The number of rotatable bonds is 5. The average molecular weight is 286 g/mol. The maximum Gasteiger partial charge on any atom is 0.242 e. The molecular weight excluding hydrogens is 268 g/mol. The Bertz CT molecular complexity index is 571. The van der Waals surface area contributed by atoms with E-state index in [1.807, 2.05) is 0 Å². The van der Waals surface area contributed by atoms with E-state index in [0.717, 1.165) is 0 Å². The Balaban J connectivity index is 3.18. The fourth-order valence-electron chi connectivity index (χ4n) is 1.51. The van der Waals surface area contributed by atoms with E-state index in [4.69, 9.17) is 5.73 Å². The molecule has 5 N–H and O–H groups in total. The monoisotopic (exact) mass is 286 g/mol. The second-order valence-electron chi connectivity index (χ2n) is 3.94. The van der Waals surface area contributed by atoms with Gasteiger partial charge >= 0.3 is 0 Å². The van der Waals surface area contributed by atoms with E-state index >= 15 is 0 Å². The largest absolute Gasteiger partial charge is 0.399 e. The number of carbonyl (C=O) groups excluding carboxylic acids is 1. The summed E-state index contributed by atoms with van der Waals surface area (Å²) in [6.07, 6.45) is 0. The van der Waals surface area contributed by atoms with Gasteiger partial charge in [0, 0.05) is 12.7 Å². The van der Waals surface area contributed by atoms with E-state index in [2.05, 4.69) is 15.4 Å². The van der Waals surface area contributed by atoms with Crippen molar-refractivity contribution in [1.29, 1.82) is 0 Å². The van der Waals surface area contributed by atoms with Crippen molar-refractivity contribution in [1.82, 2.24) is 10.0 Å². The van der Waals surface area contributed by atoms with Crippen molar-refractivity contribution in [2.75, 3.05) is 25.1 Å². The number of amides is 1. The van der Waals surface area contributed by atoms with Gasteiger partial charge in [-0.15, -0.1) is 0 Å². The molecule has 8 heteroatoms. The highest BCUT2D eigenvalue weighted by molar-refractivity contribution is 7.89. The minimum atomic E-state index is -3.65. The van der Waals surface area contributed by atoms with Gasteiger partial charge in [-0.2, -0.15) is 0 Å². The summed E-state index contributed by atoms with van der Waals surface area (Å²) in [4.78, 5) is 11.5. The van der Waals surface area contributed by atoms with Crippen LogP contribution in [0.4, 0.5) is 11.4 Å². The van der Waals surface area contributed by atoms with Crippen molar-refractivity contribution in [3.8, 4) is 0 Å². The first-order chi connectivity index (χ1) is 8.81. The normalized spacial score (nSPS) is 12.8. The zero-order valence-corrected chi connectivity index (χ0v) is 11.8. The molecule has 1 aromatic carbocycles. The summed E-state index contributed by atoms with van der Waals surface area (Å²) in [5.41, 5.74) is 6.24. The summed E-state index contributed by atoms with van der Waals surface area (Å²) in [6.45, 7) is 1.63. The first kappa shape index (κ1) is 15.3. The second-order valence-corrected chi connectivity index (χ2v) is 5.80. The lowest BCUT2D eigenvalue weighted by Crippen LogP contribution is -2.35. The lowest BCUT2D eigenvalue weighted by molar-refractivity contribution is -0.121. The number of hydrogen-bond acceptors (Lipinski definition) is 5. The van der Waals surface area contributed by atoms with E-state index in [-0.39, 0.29) is 10.8 Å². The summed E-state index contributed by atoms with van der Waals surface area (Å²) < 4.78 is 26.0. The Morgan fingerprint density at radius 3 is 2.47 bits per heavy atom. The third kappa shape index (κ3) is 3.58. The quantitative estimate of drug-likeness (QED) is 0.556. The van der Waals surface area contributed by atoms with Crippen LogP contribution in [0.1, 0.15) is 6.92 Å². The van der Waals surface area contributed by atoms with Crippen LogP contribution in [0.25, 0.3) is 0 Å². The molecule has 0 heterocycles. The molecular formula is C11H18N4O3S. The van der Waals surface area contributed by atoms with Crippen LogP contribution in [0.3, 0.4) is 0 Å². The van der Waals surface area contributed by atoms with E-state index < -0.39 is 16.1 Å². The van der Waals surface area contributed by atoms with E-state index in [1.165, 1.54) is 26.2 Å². The van der Waals surface area contributed by atoms with Gasteiger partial charge in [-0.05, 0) is 32.2 Å². The van der Waals surface area contributed by atoms with Gasteiger partial charge in [-0.3, -0.25) is 4.79 Å². The van der Waals surface area contributed by atoms with Gasteiger partial charge in [0.2, 0.25) is 15.9 Å². The molecule has 1 atom stereocenters. The summed E-state index contributed by atoms with van der Waals surface area (Å²) in [6, 6.07) is 3.86. The molecule has 0 aliphatic heterocycles. The van der Waals surface area contributed by atoms with Crippen LogP contribution in [0.15, 0.2) is 23.1 Å². The van der Waals surface area contributed by atoms with E-state index in [1.54, 1.807) is 13.0 Å². The minimum Gasteiger partial charge on any atom is -0.399 e. The molecule has 0 spiro atoms. The average Bonchev–Trinajstić information content (AvgIpc) is 2.39. The molecule has 1 unspecified atom stereocenters. The van der Waals surface area contributed by atoms with Crippen LogP contribution in [0.2, 0.25) is 0 Å². The topological polar surface area (TPSA) is 113 Å². The molecule has 1 rings (SSSR count). The Morgan fingerprint density at radius 2 is 1.95 bits per heavy atom. The Morgan fingerprint density at radius 1 is 1.32 bits per heavy atom. The van der Waals surface area contributed by atoms with Crippen LogP contribution in [0, 0.1) is 0 Å². The highest BCUT2D eigenvalue weighted by atomic mass is 32.2. The molecule has 0 saturated heterocycles. The molecule has 0 aliphatic carbocycles. The highest BCUT2D eigenvalue weighted by Gasteiger charge is 2.20. The van der Waals surface area contributed by atoms with E-state index in [0.29, 0.717) is 11.4 Å². The molecule has 0 bridgehead atoms. The van der Waals surface area contributed by atoms with Gasteiger partial charge in [0.05, 0.1) is 5.69 Å².